The van der Waals surface area contributed by atoms with Gasteiger partial charge in [-0.05, 0) is 37.5 Å². The Morgan fingerprint density at radius 2 is 2.16 bits per heavy atom. The van der Waals surface area contributed by atoms with Gasteiger partial charge >= 0.3 is 0 Å². The first-order valence-electron chi connectivity index (χ1n) is 6.86. The molecule has 1 amide bonds. The number of hydrogen-bond donors (Lipinski definition) is 3. The third-order valence-corrected chi connectivity index (χ3v) is 3.86. The Labute approximate surface area is 114 Å². The van der Waals surface area contributed by atoms with E-state index in [2.05, 4.69) is 5.32 Å². The minimum atomic E-state index is -0.317. The summed E-state index contributed by atoms with van der Waals surface area (Å²) in [5.74, 6) is 0.199. The van der Waals surface area contributed by atoms with Crippen LogP contribution < -0.4 is 11.1 Å². The summed E-state index contributed by atoms with van der Waals surface area (Å²) in [6.45, 7) is 1.91. The molecule has 1 saturated carbocycles. The molecule has 4 heteroatoms. The Bertz CT molecular complexity index is 453. The molecule has 1 aliphatic carbocycles. The SMILES string of the molecule is CC(NC(=O)CC1(N)CCCC1)c1cccc(O)c1. The van der Waals surface area contributed by atoms with Crippen LogP contribution in [0.2, 0.25) is 0 Å². The van der Waals surface area contributed by atoms with Crippen molar-refractivity contribution in [3.8, 4) is 5.75 Å². The monoisotopic (exact) mass is 262 g/mol. The summed E-state index contributed by atoms with van der Waals surface area (Å²) in [4.78, 5) is 12.0. The van der Waals surface area contributed by atoms with Gasteiger partial charge in [0.15, 0.2) is 0 Å². The van der Waals surface area contributed by atoms with Crippen LogP contribution in [0.25, 0.3) is 0 Å². The fourth-order valence-electron chi connectivity index (χ4n) is 2.75. The van der Waals surface area contributed by atoms with Crippen molar-refractivity contribution in [3.63, 3.8) is 0 Å². The number of phenols is 1. The molecule has 19 heavy (non-hydrogen) atoms. The first-order chi connectivity index (χ1) is 8.98. The average Bonchev–Trinajstić information content (AvgIpc) is 2.75. The predicted octanol–water partition coefficient (Wildman–Crippen LogP) is 2.23. The predicted molar refractivity (Wildman–Crippen MR) is 74.7 cm³/mol. The van der Waals surface area contributed by atoms with Gasteiger partial charge in [0.2, 0.25) is 5.91 Å². The van der Waals surface area contributed by atoms with Gasteiger partial charge in [0.05, 0.1) is 6.04 Å². The van der Waals surface area contributed by atoms with E-state index in [1.54, 1.807) is 18.2 Å². The summed E-state index contributed by atoms with van der Waals surface area (Å²) in [5.41, 5.74) is 6.78. The third-order valence-electron chi connectivity index (χ3n) is 3.86. The number of carbonyl (C=O) groups excluding carboxylic acids is 1. The quantitative estimate of drug-likeness (QED) is 0.779. The van der Waals surface area contributed by atoms with Crippen LogP contribution in [0.3, 0.4) is 0 Å². The summed E-state index contributed by atoms with van der Waals surface area (Å²) < 4.78 is 0. The summed E-state index contributed by atoms with van der Waals surface area (Å²) in [6.07, 6.45) is 4.48. The highest BCUT2D eigenvalue weighted by Crippen LogP contribution is 2.30. The fourth-order valence-corrected chi connectivity index (χ4v) is 2.75. The highest BCUT2D eigenvalue weighted by molar-refractivity contribution is 5.77. The molecular formula is C15H22N2O2. The van der Waals surface area contributed by atoms with Crippen LogP contribution >= 0.6 is 0 Å². The second-order valence-corrected chi connectivity index (χ2v) is 5.63. The van der Waals surface area contributed by atoms with E-state index in [4.69, 9.17) is 5.73 Å². The molecular weight excluding hydrogens is 240 g/mol. The van der Waals surface area contributed by atoms with Crippen molar-refractivity contribution in [2.24, 2.45) is 5.73 Å². The lowest BCUT2D eigenvalue weighted by atomic mass is 9.94. The molecule has 0 aliphatic heterocycles. The minimum Gasteiger partial charge on any atom is -0.508 e. The van der Waals surface area contributed by atoms with Gasteiger partial charge in [0.1, 0.15) is 5.75 Å². The largest absolute Gasteiger partial charge is 0.508 e. The summed E-state index contributed by atoms with van der Waals surface area (Å²) in [6, 6.07) is 6.82. The molecule has 1 atom stereocenters. The van der Waals surface area contributed by atoms with Gasteiger partial charge in [-0.1, -0.05) is 25.0 Å². The normalized spacial score (nSPS) is 19.1. The number of aromatic hydroxyl groups is 1. The third kappa shape index (κ3) is 3.70. The fraction of sp³-hybridized carbons (Fsp3) is 0.533. The maximum Gasteiger partial charge on any atom is 0.222 e. The van der Waals surface area contributed by atoms with Crippen LogP contribution in [0.15, 0.2) is 24.3 Å². The summed E-state index contributed by atoms with van der Waals surface area (Å²) in [5, 5.41) is 12.4. The zero-order chi connectivity index (χ0) is 13.9. The van der Waals surface area contributed by atoms with Crippen molar-refractivity contribution < 1.29 is 9.90 Å². The highest BCUT2D eigenvalue weighted by Gasteiger charge is 2.31. The van der Waals surface area contributed by atoms with Crippen molar-refractivity contribution >= 4 is 5.91 Å². The number of benzene rings is 1. The Morgan fingerprint density at radius 3 is 2.79 bits per heavy atom. The van der Waals surface area contributed by atoms with E-state index in [9.17, 15) is 9.90 Å². The second kappa shape index (κ2) is 5.61. The number of nitrogens with two attached hydrogens (primary N) is 1. The van der Waals surface area contributed by atoms with Crippen LogP contribution in [-0.2, 0) is 4.79 Å². The molecule has 4 nitrogen and oxygen atoms in total. The molecule has 1 fully saturated rings. The van der Waals surface area contributed by atoms with Crippen LogP contribution in [0.4, 0.5) is 0 Å². The van der Waals surface area contributed by atoms with Gasteiger partial charge in [-0.3, -0.25) is 4.79 Å². The van der Waals surface area contributed by atoms with Crippen molar-refractivity contribution in [3.05, 3.63) is 29.8 Å². The molecule has 0 saturated heterocycles. The first-order valence-corrected chi connectivity index (χ1v) is 6.86. The van der Waals surface area contributed by atoms with Gasteiger partial charge in [-0.25, -0.2) is 0 Å². The molecule has 104 valence electrons. The van der Waals surface area contributed by atoms with Crippen LogP contribution in [0, 0.1) is 0 Å². The van der Waals surface area contributed by atoms with E-state index in [-0.39, 0.29) is 23.2 Å². The molecule has 0 aromatic heterocycles. The number of amides is 1. The molecule has 1 aromatic rings. The lowest BCUT2D eigenvalue weighted by Crippen LogP contribution is -2.42. The van der Waals surface area contributed by atoms with Crippen LogP contribution in [0.5, 0.6) is 5.75 Å². The lowest BCUT2D eigenvalue weighted by molar-refractivity contribution is -0.122. The van der Waals surface area contributed by atoms with E-state index in [1.165, 1.54) is 0 Å². The second-order valence-electron chi connectivity index (χ2n) is 5.63. The number of carbonyl (C=O) groups is 1. The molecule has 1 unspecified atom stereocenters. The van der Waals surface area contributed by atoms with Gasteiger partial charge < -0.3 is 16.2 Å². The van der Waals surface area contributed by atoms with Crippen LogP contribution in [-0.4, -0.2) is 16.6 Å². The van der Waals surface area contributed by atoms with Crippen molar-refractivity contribution in [2.45, 2.75) is 50.6 Å². The van der Waals surface area contributed by atoms with Crippen molar-refractivity contribution in [2.75, 3.05) is 0 Å². The Hall–Kier alpha value is -1.55. The first kappa shape index (κ1) is 13.9. The van der Waals surface area contributed by atoms with E-state index >= 15 is 0 Å². The number of nitrogens with one attached hydrogen (secondary N) is 1. The molecule has 0 radical (unpaired) electrons. The van der Waals surface area contributed by atoms with Gasteiger partial charge in [-0.15, -0.1) is 0 Å². The number of rotatable bonds is 4. The smallest absolute Gasteiger partial charge is 0.222 e. The molecule has 0 spiro atoms. The summed E-state index contributed by atoms with van der Waals surface area (Å²) in [7, 11) is 0. The number of phenolic OH excluding ortho intramolecular Hbond substituents is 1. The molecule has 0 heterocycles. The standard InChI is InChI=1S/C15H22N2O2/c1-11(12-5-4-6-13(18)9-12)17-14(19)10-15(16)7-2-3-8-15/h4-6,9,11,18H,2-3,7-8,10,16H2,1H3,(H,17,19). The van der Waals surface area contributed by atoms with Crippen molar-refractivity contribution in [1.29, 1.82) is 0 Å². The Kier molecular flexibility index (Phi) is 4.10. The van der Waals surface area contributed by atoms with Gasteiger partial charge in [-0.2, -0.15) is 0 Å². The average molecular weight is 262 g/mol. The van der Waals surface area contributed by atoms with Crippen LogP contribution in [0.1, 0.15) is 50.6 Å². The van der Waals surface area contributed by atoms with E-state index in [1.807, 2.05) is 13.0 Å². The number of hydrogen-bond acceptors (Lipinski definition) is 3. The minimum absolute atomic E-state index is 0.0137. The topological polar surface area (TPSA) is 75.4 Å². The lowest BCUT2D eigenvalue weighted by Gasteiger charge is -2.24. The maximum absolute atomic E-state index is 12.0. The zero-order valence-electron chi connectivity index (χ0n) is 11.4. The molecule has 1 aliphatic rings. The molecule has 2 rings (SSSR count). The van der Waals surface area contributed by atoms with E-state index < -0.39 is 0 Å². The van der Waals surface area contributed by atoms with Gasteiger partial charge in [0, 0.05) is 12.0 Å². The highest BCUT2D eigenvalue weighted by atomic mass is 16.3. The summed E-state index contributed by atoms with van der Waals surface area (Å²) >= 11 is 0. The Balaban J connectivity index is 1.91. The van der Waals surface area contributed by atoms with Gasteiger partial charge in [0.25, 0.3) is 0 Å². The molecule has 1 aromatic carbocycles. The Morgan fingerprint density at radius 1 is 1.47 bits per heavy atom. The van der Waals surface area contributed by atoms with E-state index in [0.717, 1.165) is 31.2 Å². The van der Waals surface area contributed by atoms with E-state index in [0.29, 0.717) is 6.42 Å². The zero-order valence-corrected chi connectivity index (χ0v) is 11.4. The molecule has 4 N–H and O–H groups in total. The maximum atomic E-state index is 12.0. The van der Waals surface area contributed by atoms with Crippen molar-refractivity contribution in [1.82, 2.24) is 5.32 Å². The molecule has 0 bridgehead atoms.